The van der Waals surface area contributed by atoms with Crippen LogP contribution in [-0.2, 0) is 6.54 Å². The molecule has 0 aliphatic rings. The lowest BCUT2D eigenvalue weighted by atomic mass is 10.3. The van der Waals surface area contributed by atoms with Gasteiger partial charge < -0.3 is 10.6 Å². The normalized spacial score (nSPS) is 10.1. The molecule has 0 atom stereocenters. The van der Waals surface area contributed by atoms with Crippen molar-refractivity contribution in [2.24, 2.45) is 0 Å². The maximum absolute atomic E-state index is 11.7. The highest BCUT2D eigenvalue weighted by molar-refractivity contribution is 5.91. The summed E-state index contributed by atoms with van der Waals surface area (Å²) in [6, 6.07) is 3.85. The molecule has 0 saturated carbocycles. The van der Waals surface area contributed by atoms with E-state index in [1.54, 1.807) is 18.6 Å². The summed E-state index contributed by atoms with van der Waals surface area (Å²) in [5.41, 5.74) is 1.43. The number of rotatable bonds is 6. The third-order valence-electron chi connectivity index (χ3n) is 2.64. The number of aromatic nitrogens is 3. The van der Waals surface area contributed by atoms with Crippen molar-refractivity contribution in [3.63, 3.8) is 0 Å². The Hall–Kier alpha value is -2.50. The molecule has 2 aromatic heterocycles. The predicted octanol–water partition coefficient (Wildman–Crippen LogP) is 1.62. The van der Waals surface area contributed by atoms with Crippen molar-refractivity contribution in [2.45, 2.75) is 19.9 Å². The van der Waals surface area contributed by atoms with Crippen LogP contribution >= 0.6 is 0 Å². The molecule has 2 aromatic rings. The van der Waals surface area contributed by atoms with Crippen LogP contribution in [0.3, 0.4) is 0 Å². The summed E-state index contributed by atoms with van der Waals surface area (Å²) in [5.74, 6) is 0.439. The monoisotopic (exact) mass is 271 g/mol. The highest BCUT2D eigenvalue weighted by atomic mass is 16.1. The van der Waals surface area contributed by atoms with Crippen molar-refractivity contribution in [1.82, 2.24) is 20.3 Å². The van der Waals surface area contributed by atoms with Crippen molar-refractivity contribution in [3.05, 3.63) is 48.2 Å². The molecule has 2 heterocycles. The number of anilines is 1. The molecular weight excluding hydrogens is 254 g/mol. The van der Waals surface area contributed by atoms with Crippen LogP contribution in [-0.4, -0.2) is 27.4 Å². The zero-order valence-electron chi connectivity index (χ0n) is 11.3. The van der Waals surface area contributed by atoms with Gasteiger partial charge in [-0.05, 0) is 24.1 Å². The lowest BCUT2D eigenvalue weighted by Crippen LogP contribution is -2.25. The summed E-state index contributed by atoms with van der Waals surface area (Å²) in [5, 5.41) is 5.89. The summed E-state index contributed by atoms with van der Waals surface area (Å²) in [4.78, 5) is 23.9. The highest BCUT2D eigenvalue weighted by Crippen LogP contribution is 2.04. The van der Waals surface area contributed by atoms with E-state index < -0.39 is 0 Å². The van der Waals surface area contributed by atoms with E-state index in [9.17, 15) is 4.79 Å². The van der Waals surface area contributed by atoms with E-state index in [4.69, 9.17) is 0 Å². The number of pyridine rings is 1. The molecule has 1 amide bonds. The Bertz CT molecular complexity index is 541. The third-order valence-corrected chi connectivity index (χ3v) is 2.64. The first kappa shape index (κ1) is 13.9. The third kappa shape index (κ3) is 4.01. The Kier molecular flexibility index (Phi) is 5.00. The topological polar surface area (TPSA) is 79.8 Å². The molecule has 0 fully saturated rings. The predicted molar refractivity (Wildman–Crippen MR) is 76.2 cm³/mol. The number of carbonyl (C=O) groups excluding carboxylic acids is 1. The minimum absolute atomic E-state index is 0.194. The Morgan fingerprint density at radius 3 is 2.65 bits per heavy atom. The van der Waals surface area contributed by atoms with Gasteiger partial charge >= 0.3 is 0 Å². The highest BCUT2D eigenvalue weighted by Gasteiger charge is 2.06. The summed E-state index contributed by atoms with van der Waals surface area (Å²) in [7, 11) is 0. The van der Waals surface area contributed by atoms with Crippen LogP contribution in [0.25, 0.3) is 0 Å². The molecule has 2 N–H and O–H groups in total. The van der Waals surface area contributed by atoms with Crippen LogP contribution < -0.4 is 10.6 Å². The molecule has 2 rings (SSSR count). The van der Waals surface area contributed by atoms with Crippen molar-refractivity contribution >= 4 is 11.7 Å². The molecule has 0 radical (unpaired) electrons. The molecule has 0 aliphatic heterocycles. The zero-order valence-corrected chi connectivity index (χ0v) is 11.3. The van der Waals surface area contributed by atoms with Gasteiger partial charge in [0.25, 0.3) is 5.91 Å². The van der Waals surface area contributed by atoms with Crippen molar-refractivity contribution < 1.29 is 4.79 Å². The first-order valence-electron chi connectivity index (χ1n) is 6.52. The van der Waals surface area contributed by atoms with E-state index in [-0.39, 0.29) is 5.91 Å². The number of amides is 1. The van der Waals surface area contributed by atoms with Gasteiger partial charge in [-0.15, -0.1) is 0 Å². The minimum atomic E-state index is -0.194. The molecule has 104 valence electrons. The molecule has 6 nitrogen and oxygen atoms in total. The maximum Gasteiger partial charge on any atom is 0.271 e. The van der Waals surface area contributed by atoms with Crippen LogP contribution in [0.2, 0.25) is 0 Å². The van der Waals surface area contributed by atoms with Gasteiger partial charge in [-0.2, -0.15) is 0 Å². The van der Waals surface area contributed by atoms with Crippen molar-refractivity contribution in [1.29, 1.82) is 0 Å². The van der Waals surface area contributed by atoms with Crippen LogP contribution in [0.5, 0.6) is 0 Å². The largest absolute Gasteiger partial charge is 0.365 e. The lowest BCUT2D eigenvalue weighted by molar-refractivity contribution is 0.0948. The van der Waals surface area contributed by atoms with Gasteiger partial charge in [0.2, 0.25) is 0 Å². The Morgan fingerprint density at radius 2 is 2.00 bits per heavy atom. The van der Waals surface area contributed by atoms with Gasteiger partial charge in [0.15, 0.2) is 0 Å². The van der Waals surface area contributed by atoms with Gasteiger partial charge in [-0.3, -0.25) is 9.78 Å². The van der Waals surface area contributed by atoms with E-state index in [0.717, 1.165) is 12.0 Å². The first-order chi connectivity index (χ1) is 9.79. The van der Waals surface area contributed by atoms with Crippen LogP contribution in [0, 0.1) is 0 Å². The first-order valence-corrected chi connectivity index (χ1v) is 6.52. The fourth-order valence-corrected chi connectivity index (χ4v) is 1.56. The second-order valence-electron chi connectivity index (χ2n) is 4.25. The average Bonchev–Trinajstić information content (AvgIpc) is 2.52. The standard InChI is InChI=1S/C14H17N5O/c1-2-5-16-14(20)12-9-19-13(10-17-12)18-8-11-3-6-15-7-4-11/h3-4,6-7,9-10H,2,5,8H2,1H3,(H,16,20)(H,18,19). The quantitative estimate of drug-likeness (QED) is 0.834. The van der Waals surface area contributed by atoms with Crippen molar-refractivity contribution in [2.75, 3.05) is 11.9 Å². The van der Waals surface area contributed by atoms with Crippen LogP contribution in [0.4, 0.5) is 5.82 Å². The second kappa shape index (κ2) is 7.18. The maximum atomic E-state index is 11.7. The fraction of sp³-hybridized carbons (Fsp3) is 0.286. The molecule has 6 heteroatoms. The summed E-state index contributed by atoms with van der Waals surface area (Å²) in [6.07, 6.45) is 7.40. The Labute approximate surface area is 117 Å². The van der Waals surface area contributed by atoms with Gasteiger partial charge in [-0.1, -0.05) is 6.92 Å². The molecular formula is C14H17N5O. The number of nitrogens with zero attached hydrogens (tertiary/aromatic N) is 3. The van der Waals surface area contributed by atoms with E-state index in [1.807, 2.05) is 19.1 Å². The number of nitrogens with one attached hydrogen (secondary N) is 2. The van der Waals surface area contributed by atoms with E-state index >= 15 is 0 Å². The number of carbonyl (C=O) groups is 1. The molecule has 0 unspecified atom stereocenters. The SMILES string of the molecule is CCCNC(=O)c1cnc(NCc2ccncc2)cn1. The van der Waals surface area contributed by atoms with Gasteiger partial charge in [-0.25, -0.2) is 9.97 Å². The second-order valence-corrected chi connectivity index (χ2v) is 4.25. The molecule has 0 aromatic carbocycles. The lowest BCUT2D eigenvalue weighted by Gasteiger charge is -2.06. The van der Waals surface area contributed by atoms with E-state index in [1.165, 1.54) is 6.20 Å². The Balaban J connectivity index is 1.90. The number of hydrogen-bond donors (Lipinski definition) is 2. The smallest absolute Gasteiger partial charge is 0.271 e. The Morgan fingerprint density at radius 1 is 1.20 bits per heavy atom. The molecule has 20 heavy (non-hydrogen) atoms. The molecule has 0 aliphatic carbocycles. The zero-order chi connectivity index (χ0) is 14.2. The minimum Gasteiger partial charge on any atom is -0.365 e. The van der Waals surface area contributed by atoms with Gasteiger partial charge in [0.05, 0.1) is 12.4 Å². The average molecular weight is 271 g/mol. The fourth-order valence-electron chi connectivity index (χ4n) is 1.56. The van der Waals surface area contributed by atoms with Crippen LogP contribution in [0.15, 0.2) is 36.9 Å². The van der Waals surface area contributed by atoms with Gasteiger partial charge in [0.1, 0.15) is 11.5 Å². The summed E-state index contributed by atoms with van der Waals surface area (Å²) >= 11 is 0. The molecule has 0 spiro atoms. The van der Waals surface area contributed by atoms with Crippen molar-refractivity contribution in [3.8, 4) is 0 Å². The number of hydrogen-bond acceptors (Lipinski definition) is 5. The van der Waals surface area contributed by atoms with Gasteiger partial charge in [0, 0.05) is 25.5 Å². The molecule has 0 saturated heterocycles. The van der Waals surface area contributed by atoms with E-state index in [0.29, 0.717) is 24.6 Å². The van der Waals surface area contributed by atoms with E-state index in [2.05, 4.69) is 25.6 Å². The molecule has 0 bridgehead atoms. The van der Waals surface area contributed by atoms with Crippen LogP contribution in [0.1, 0.15) is 29.4 Å². The summed E-state index contributed by atoms with van der Waals surface area (Å²) < 4.78 is 0. The summed E-state index contributed by atoms with van der Waals surface area (Å²) in [6.45, 7) is 3.28.